The first-order chi connectivity index (χ1) is 10.4. The number of nitrogens with zero attached hydrogens (tertiary/aromatic N) is 3. The molecule has 2 aliphatic heterocycles. The fourth-order valence-electron chi connectivity index (χ4n) is 2.90. The molecule has 1 spiro atoms. The highest BCUT2D eigenvalue weighted by molar-refractivity contribution is 7.86. The van der Waals surface area contributed by atoms with Gasteiger partial charge in [-0.25, -0.2) is 0 Å². The predicted octanol–water partition coefficient (Wildman–Crippen LogP) is 0.500. The summed E-state index contributed by atoms with van der Waals surface area (Å²) in [4.78, 5) is 4.04. The molecule has 2 fully saturated rings. The van der Waals surface area contributed by atoms with Crippen LogP contribution in [0.5, 0.6) is 5.75 Å². The van der Waals surface area contributed by atoms with Crippen LogP contribution in [0.1, 0.15) is 12.8 Å². The molecule has 7 nitrogen and oxygen atoms in total. The monoisotopic (exact) mass is 327 g/mol. The van der Waals surface area contributed by atoms with E-state index in [0.29, 0.717) is 26.1 Å². The van der Waals surface area contributed by atoms with Crippen LogP contribution in [0.3, 0.4) is 0 Å². The number of pyridine rings is 1. The van der Waals surface area contributed by atoms with Crippen LogP contribution in [0, 0.1) is 0 Å². The number of ether oxygens (including phenoxy) is 2. The minimum atomic E-state index is -3.36. The fraction of sp³-hybridized carbons (Fsp3) is 0.643. The molecule has 22 heavy (non-hydrogen) atoms. The maximum atomic E-state index is 12.1. The molecule has 2 aliphatic rings. The normalized spacial score (nSPS) is 25.1. The smallest absolute Gasteiger partial charge is 0.281 e. The molecule has 3 heterocycles. The highest BCUT2D eigenvalue weighted by Gasteiger charge is 2.52. The molecule has 1 atom stereocenters. The van der Waals surface area contributed by atoms with Crippen molar-refractivity contribution in [2.75, 3.05) is 33.8 Å². The Kier molecular flexibility index (Phi) is 4.11. The molecule has 0 amide bonds. The zero-order valence-corrected chi connectivity index (χ0v) is 13.6. The van der Waals surface area contributed by atoms with Gasteiger partial charge in [0.1, 0.15) is 11.9 Å². The van der Waals surface area contributed by atoms with E-state index >= 15 is 0 Å². The minimum absolute atomic E-state index is 0.0298. The Morgan fingerprint density at radius 1 is 1.45 bits per heavy atom. The summed E-state index contributed by atoms with van der Waals surface area (Å²) in [7, 11) is -0.280. The molecular weight excluding hydrogens is 306 g/mol. The molecule has 8 heteroatoms. The van der Waals surface area contributed by atoms with Gasteiger partial charge < -0.3 is 9.47 Å². The van der Waals surface area contributed by atoms with Gasteiger partial charge in [-0.05, 0) is 12.1 Å². The van der Waals surface area contributed by atoms with E-state index in [1.54, 1.807) is 12.4 Å². The van der Waals surface area contributed by atoms with Crippen molar-refractivity contribution in [1.29, 1.82) is 0 Å². The first kappa shape index (κ1) is 15.7. The third kappa shape index (κ3) is 2.96. The van der Waals surface area contributed by atoms with Crippen LogP contribution in [-0.2, 0) is 14.9 Å². The summed E-state index contributed by atoms with van der Waals surface area (Å²) in [5, 5.41) is 0. The topological polar surface area (TPSA) is 72.0 Å². The van der Waals surface area contributed by atoms with Crippen LogP contribution in [0.15, 0.2) is 24.5 Å². The van der Waals surface area contributed by atoms with Gasteiger partial charge in [-0.15, -0.1) is 0 Å². The van der Waals surface area contributed by atoms with Crippen molar-refractivity contribution in [2.24, 2.45) is 0 Å². The average Bonchev–Trinajstić information content (AvgIpc) is 2.46. The standard InChI is InChI=1S/C14H21N3O4S/c1-16(2)22(18,19)17-10-14(11-17)8-12(5-7-20-14)21-13-4-3-6-15-9-13/h3-4,6,9,12H,5,7-8,10-11H2,1-2H3. The van der Waals surface area contributed by atoms with E-state index in [4.69, 9.17) is 9.47 Å². The van der Waals surface area contributed by atoms with Crippen molar-refractivity contribution < 1.29 is 17.9 Å². The summed E-state index contributed by atoms with van der Waals surface area (Å²) in [6, 6.07) is 3.71. The van der Waals surface area contributed by atoms with Gasteiger partial charge in [-0.2, -0.15) is 17.0 Å². The summed E-state index contributed by atoms with van der Waals surface area (Å²) >= 11 is 0. The summed E-state index contributed by atoms with van der Waals surface area (Å²) < 4.78 is 38.6. The van der Waals surface area contributed by atoms with Crippen molar-refractivity contribution in [2.45, 2.75) is 24.5 Å². The van der Waals surface area contributed by atoms with Crippen LogP contribution in [0.4, 0.5) is 0 Å². The fourth-order valence-corrected chi connectivity index (χ4v) is 4.16. The van der Waals surface area contributed by atoms with E-state index in [-0.39, 0.29) is 6.10 Å². The molecule has 1 aromatic rings. The Morgan fingerprint density at radius 2 is 2.23 bits per heavy atom. The molecule has 0 aliphatic carbocycles. The first-order valence-electron chi connectivity index (χ1n) is 7.30. The maximum Gasteiger partial charge on any atom is 0.281 e. The predicted molar refractivity (Wildman–Crippen MR) is 80.7 cm³/mol. The van der Waals surface area contributed by atoms with Crippen molar-refractivity contribution >= 4 is 10.2 Å². The first-order valence-corrected chi connectivity index (χ1v) is 8.69. The van der Waals surface area contributed by atoms with Gasteiger partial charge in [0.2, 0.25) is 0 Å². The average molecular weight is 327 g/mol. The number of rotatable bonds is 4. The van der Waals surface area contributed by atoms with Crippen LogP contribution in [0.2, 0.25) is 0 Å². The Bertz CT molecular complexity index is 614. The second-order valence-corrected chi connectivity index (χ2v) is 8.15. The lowest BCUT2D eigenvalue weighted by Crippen LogP contribution is -2.68. The molecule has 0 radical (unpaired) electrons. The van der Waals surface area contributed by atoms with Gasteiger partial charge in [0.15, 0.2) is 0 Å². The third-order valence-electron chi connectivity index (χ3n) is 4.10. The van der Waals surface area contributed by atoms with Crippen molar-refractivity contribution in [3.8, 4) is 5.75 Å². The van der Waals surface area contributed by atoms with E-state index in [1.807, 2.05) is 12.1 Å². The molecule has 1 unspecified atom stereocenters. The molecule has 0 aromatic carbocycles. The highest BCUT2D eigenvalue weighted by Crippen LogP contribution is 2.37. The van der Waals surface area contributed by atoms with E-state index in [0.717, 1.165) is 12.2 Å². The molecule has 0 bridgehead atoms. The van der Waals surface area contributed by atoms with Gasteiger partial charge in [0.05, 0.1) is 18.4 Å². The van der Waals surface area contributed by atoms with E-state index in [1.165, 1.54) is 22.7 Å². The lowest BCUT2D eigenvalue weighted by molar-refractivity contribution is -0.165. The molecule has 1 aromatic heterocycles. The lowest BCUT2D eigenvalue weighted by Gasteiger charge is -2.52. The van der Waals surface area contributed by atoms with Crippen LogP contribution in [-0.4, -0.2) is 67.5 Å². The second kappa shape index (κ2) is 5.77. The quantitative estimate of drug-likeness (QED) is 0.805. The number of hydrogen-bond acceptors (Lipinski definition) is 5. The molecule has 2 saturated heterocycles. The van der Waals surface area contributed by atoms with Crippen LogP contribution >= 0.6 is 0 Å². The zero-order chi connectivity index (χ0) is 15.8. The summed E-state index contributed by atoms with van der Waals surface area (Å²) in [5.41, 5.74) is -0.409. The minimum Gasteiger partial charge on any atom is -0.489 e. The van der Waals surface area contributed by atoms with E-state index < -0.39 is 15.8 Å². The Morgan fingerprint density at radius 3 is 2.86 bits per heavy atom. The van der Waals surface area contributed by atoms with Crippen molar-refractivity contribution in [3.63, 3.8) is 0 Å². The van der Waals surface area contributed by atoms with Crippen molar-refractivity contribution in [1.82, 2.24) is 13.6 Å². The summed E-state index contributed by atoms with van der Waals surface area (Å²) in [6.07, 6.45) is 4.92. The molecule has 0 saturated carbocycles. The number of aromatic nitrogens is 1. The van der Waals surface area contributed by atoms with Gasteiger partial charge >= 0.3 is 0 Å². The van der Waals surface area contributed by atoms with Crippen LogP contribution in [0.25, 0.3) is 0 Å². The second-order valence-electron chi connectivity index (χ2n) is 6.01. The summed E-state index contributed by atoms with van der Waals surface area (Å²) in [6.45, 7) is 1.36. The number of hydrogen-bond donors (Lipinski definition) is 0. The van der Waals surface area contributed by atoms with E-state index in [9.17, 15) is 8.42 Å². The Labute approximate surface area is 131 Å². The van der Waals surface area contributed by atoms with Gasteiger partial charge in [0.25, 0.3) is 10.2 Å². The third-order valence-corrected chi connectivity index (χ3v) is 5.94. The molecule has 122 valence electrons. The summed E-state index contributed by atoms with van der Waals surface area (Å²) in [5.74, 6) is 0.738. The Hall–Kier alpha value is -1.22. The highest BCUT2D eigenvalue weighted by atomic mass is 32.2. The molecule has 3 rings (SSSR count). The van der Waals surface area contributed by atoms with Crippen LogP contribution < -0.4 is 4.74 Å². The zero-order valence-electron chi connectivity index (χ0n) is 12.8. The van der Waals surface area contributed by atoms with Crippen molar-refractivity contribution in [3.05, 3.63) is 24.5 Å². The van der Waals surface area contributed by atoms with Gasteiger partial charge in [-0.3, -0.25) is 4.98 Å². The van der Waals surface area contributed by atoms with E-state index in [2.05, 4.69) is 4.98 Å². The SMILES string of the molecule is CN(C)S(=O)(=O)N1CC2(CC(Oc3cccnc3)CCO2)C1. The lowest BCUT2D eigenvalue weighted by atomic mass is 9.86. The largest absolute Gasteiger partial charge is 0.489 e. The Balaban J connectivity index is 1.61. The maximum absolute atomic E-state index is 12.1. The van der Waals surface area contributed by atoms with Gasteiger partial charge in [0, 0.05) is 46.2 Å². The molecular formula is C14H21N3O4S. The van der Waals surface area contributed by atoms with Gasteiger partial charge in [-0.1, -0.05) is 0 Å². The molecule has 0 N–H and O–H groups in total.